The molecule has 0 unspecified atom stereocenters. The van der Waals surface area contributed by atoms with Gasteiger partial charge in [-0.25, -0.2) is 4.79 Å². The van der Waals surface area contributed by atoms with Gasteiger partial charge in [-0.3, -0.25) is 4.79 Å². The minimum absolute atomic E-state index is 0.183. The maximum absolute atomic E-state index is 13.3. The van der Waals surface area contributed by atoms with E-state index in [4.69, 9.17) is 27.6 Å². The molecule has 0 fully saturated rings. The molecule has 33 heavy (non-hydrogen) atoms. The molecule has 1 amide bonds. The van der Waals surface area contributed by atoms with Crippen LogP contribution >= 0.6 is 23.2 Å². The van der Waals surface area contributed by atoms with Gasteiger partial charge in [0.1, 0.15) is 5.58 Å². The zero-order valence-corrected chi connectivity index (χ0v) is 19.3. The van der Waals surface area contributed by atoms with Gasteiger partial charge >= 0.3 is 5.63 Å². The first-order valence-corrected chi connectivity index (χ1v) is 11.3. The lowest BCUT2D eigenvalue weighted by Gasteiger charge is -2.24. The Hall–Kier alpha value is -3.28. The Kier molecular flexibility index (Phi) is 7.33. The lowest BCUT2D eigenvalue weighted by atomic mass is 10.1. The fraction of sp³-hybridized carbons (Fsp3) is 0.154. The van der Waals surface area contributed by atoms with E-state index in [1.165, 1.54) is 6.07 Å². The summed E-state index contributed by atoms with van der Waals surface area (Å²) in [6, 6.07) is 23.5. The van der Waals surface area contributed by atoms with Gasteiger partial charge in [0.25, 0.3) is 5.91 Å². The number of hydrogen-bond donors (Lipinski definition) is 1. The maximum atomic E-state index is 13.3. The first kappa shape index (κ1) is 22.9. The van der Waals surface area contributed by atoms with E-state index < -0.39 is 5.63 Å². The lowest BCUT2D eigenvalue weighted by Crippen LogP contribution is -2.32. The predicted octanol–water partition coefficient (Wildman–Crippen LogP) is 6.24. The molecule has 0 saturated heterocycles. The van der Waals surface area contributed by atoms with Crippen molar-refractivity contribution in [1.29, 1.82) is 0 Å². The number of halogens is 2. The Morgan fingerprint density at radius 1 is 0.939 bits per heavy atom. The van der Waals surface area contributed by atoms with Crippen LogP contribution in [0.1, 0.15) is 22.3 Å². The average molecular weight is 481 g/mol. The van der Waals surface area contributed by atoms with E-state index in [-0.39, 0.29) is 5.91 Å². The summed E-state index contributed by atoms with van der Waals surface area (Å²) in [4.78, 5) is 26.9. The van der Waals surface area contributed by atoms with Gasteiger partial charge in [0.05, 0.1) is 16.3 Å². The van der Waals surface area contributed by atoms with Crippen molar-refractivity contribution in [1.82, 2.24) is 4.90 Å². The number of rotatable bonds is 8. The van der Waals surface area contributed by atoms with Gasteiger partial charge in [0.15, 0.2) is 0 Å². The summed E-state index contributed by atoms with van der Waals surface area (Å²) in [7, 11) is 0. The number of hydrogen-bond acceptors (Lipinski definition) is 4. The summed E-state index contributed by atoms with van der Waals surface area (Å²) in [5.41, 5.74) is 2.22. The van der Waals surface area contributed by atoms with Crippen LogP contribution in [0, 0.1) is 0 Å². The molecule has 0 saturated carbocycles. The van der Waals surface area contributed by atoms with Crippen LogP contribution in [-0.2, 0) is 6.54 Å². The number of amides is 1. The third-order valence-electron chi connectivity index (χ3n) is 5.23. The standard InChI is InChI=1S/C26H22Cl2N2O3/c27-19-11-12-22(28)21(15-19)26(32)30(17-18-7-2-1-3-8-18)14-6-13-29-23-16-25(31)33-24-10-5-4-9-20(23)24/h1-5,7-12,15-16,29H,6,13-14,17H2. The number of carbonyl (C=O) groups excluding carboxylic acids is 1. The van der Waals surface area contributed by atoms with E-state index >= 15 is 0 Å². The van der Waals surface area contributed by atoms with Gasteiger partial charge in [-0.15, -0.1) is 0 Å². The number of nitrogens with one attached hydrogen (secondary N) is 1. The second-order valence-electron chi connectivity index (χ2n) is 7.59. The summed E-state index contributed by atoms with van der Waals surface area (Å²) in [5, 5.41) is 4.96. The topological polar surface area (TPSA) is 62.6 Å². The molecule has 4 aromatic rings. The fourth-order valence-electron chi connectivity index (χ4n) is 3.64. The van der Waals surface area contributed by atoms with E-state index in [9.17, 15) is 9.59 Å². The summed E-state index contributed by atoms with van der Waals surface area (Å²) in [6.45, 7) is 1.50. The van der Waals surface area contributed by atoms with E-state index in [0.717, 1.165) is 10.9 Å². The fourth-order valence-corrected chi connectivity index (χ4v) is 4.01. The Morgan fingerprint density at radius 2 is 1.70 bits per heavy atom. The Balaban J connectivity index is 1.48. The molecule has 0 atom stereocenters. The third kappa shape index (κ3) is 5.75. The van der Waals surface area contributed by atoms with Gasteiger partial charge < -0.3 is 14.6 Å². The molecular weight excluding hydrogens is 459 g/mol. The largest absolute Gasteiger partial charge is 0.423 e. The van der Waals surface area contributed by atoms with E-state index in [1.807, 2.05) is 48.5 Å². The van der Waals surface area contributed by atoms with Gasteiger partial charge in [0, 0.05) is 36.1 Å². The summed E-state index contributed by atoms with van der Waals surface area (Å²) in [6.07, 6.45) is 0.658. The molecule has 3 aromatic carbocycles. The molecule has 0 aliphatic heterocycles. The second kappa shape index (κ2) is 10.6. The van der Waals surface area contributed by atoms with E-state index in [1.54, 1.807) is 29.2 Å². The smallest absolute Gasteiger partial charge is 0.338 e. The monoisotopic (exact) mass is 480 g/mol. The van der Waals surface area contributed by atoms with Crippen LogP contribution in [0.5, 0.6) is 0 Å². The van der Waals surface area contributed by atoms with E-state index in [0.29, 0.717) is 52.9 Å². The third-order valence-corrected chi connectivity index (χ3v) is 5.80. The van der Waals surface area contributed by atoms with Crippen molar-refractivity contribution in [3.8, 4) is 0 Å². The molecule has 0 radical (unpaired) electrons. The van der Waals surface area contributed by atoms with Gasteiger partial charge in [-0.2, -0.15) is 0 Å². The van der Waals surface area contributed by atoms with Crippen molar-refractivity contribution in [2.45, 2.75) is 13.0 Å². The summed E-state index contributed by atoms with van der Waals surface area (Å²) >= 11 is 12.4. The highest BCUT2D eigenvalue weighted by Gasteiger charge is 2.19. The quantitative estimate of drug-likeness (QED) is 0.239. The zero-order chi connectivity index (χ0) is 23.2. The second-order valence-corrected chi connectivity index (χ2v) is 8.44. The molecule has 0 aliphatic rings. The Labute approximate surface area is 201 Å². The normalized spacial score (nSPS) is 10.8. The average Bonchev–Trinajstić information content (AvgIpc) is 2.82. The number of fused-ring (bicyclic) bond motifs is 1. The number of benzene rings is 3. The van der Waals surface area contributed by atoms with Crippen molar-refractivity contribution in [3.63, 3.8) is 0 Å². The van der Waals surface area contributed by atoms with Gasteiger partial charge in [0.2, 0.25) is 0 Å². The first-order chi connectivity index (χ1) is 16.0. The van der Waals surface area contributed by atoms with Crippen LogP contribution in [-0.4, -0.2) is 23.9 Å². The van der Waals surface area contributed by atoms with Crippen molar-refractivity contribution in [2.75, 3.05) is 18.4 Å². The van der Waals surface area contributed by atoms with E-state index in [2.05, 4.69) is 5.32 Å². The van der Waals surface area contributed by atoms with Gasteiger partial charge in [-0.05, 0) is 42.3 Å². The zero-order valence-electron chi connectivity index (χ0n) is 17.8. The van der Waals surface area contributed by atoms with Crippen LogP contribution in [0.3, 0.4) is 0 Å². The highest BCUT2D eigenvalue weighted by Crippen LogP contribution is 2.24. The number of anilines is 1. The van der Waals surface area contributed by atoms with Crippen LogP contribution < -0.4 is 10.9 Å². The molecule has 4 rings (SSSR count). The van der Waals surface area contributed by atoms with Crippen molar-refractivity contribution in [2.24, 2.45) is 0 Å². The van der Waals surface area contributed by atoms with Crippen molar-refractivity contribution in [3.05, 3.63) is 110 Å². The molecule has 168 valence electrons. The number of carbonyl (C=O) groups is 1. The van der Waals surface area contributed by atoms with Crippen LogP contribution in [0.15, 0.2) is 88.1 Å². The van der Waals surface area contributed by atoms with Crippen molar-refractivity contribution < 1.29 is 9.21 Å². The molecule has 7 heteroatoms. The molecule has 0 spiro atoms. The highest BCUT2D eigenvalue weighted by atomic mass is 35.5. The van der Waals surface area contributed by atoms with Crippen LogP contribution in [0.4, 0.5) is 5.69 Å². The molecule has 0 bridgehead atoms. The molecule has 5 nitrogen and oxygen atoms in total. The van der Waals surface area contributed by atoms with Crippen LogP contribution in [0.2, 0.25) is 10.0 Å². The molecular formula is C26H22Cl2N2O3. The first-order valence-electron chi connectivity index (χ1n) is 10.6. The van der Waals surface area contributed by atoms with Crippen molar-refractivity contribution >= 4 is 45.8 Å². The molecule has 0 aliphatic carbocycles. The molecule has 1 heterocycles. The highest BCUT2D eigenvalue weighted by molar-refractivity contribution is 6.35. The van der Waals surface area contributed by atoms with Gasteiger partial charge in [-0.1, -0.05) is 65.7 Å². The SMILES string of the molecule is O=C(c1cc(Cl)ccc1Cl)N(CCCNc1cc(=O)oc2ccccc12)Cc1ccccc1. The summed E-state index contributed by atoms with van der Waals surface area (Å²) < 4.78 is 5.24. The lowest BCUT2D eigenvalue weighted by molar-refractivity contribution is 0.0743. The molecule has 1 N–H and O–H groups in total. The maximum Gasteiger partial charge on any atom is 0.338 e. The minimum atomic E-state index is -0.410. The minimum Gasteiger partial charge on any atom is -0.423 e. The number of para-hydroxylation sites is 1. The predicted molar refractivity (Wildman–Crippen MR) is 133 cm³/mol. The molecule has 1 aromatic heterocycles. The summed E-state index contributed by atoms with van der Waals surface area (Å²) in [5.74, 6) is -0.183. The Morgan fingerprint density at radius 3 is 2.52 bits per heavy atom. The Bertz CT molecular complexity index is 1320. The number of nitrogens with zero attached hydrogens (tertiary/aromatic N) is 1. The van der Waals surface area contributed by atoms with Crippen LogP contribution in [0.25, 0.3) is 11.0 Å².